The first-order valence-electron chi connectivity index (χ1n) is 9.25. The van der Waals surface area contributed by atoms with E-state index in [0.29, 0.717) is 29.7 Å². The van der Waals surface area contributed by atoms with E-state index in [1.807, 2.05) is 35.4 Å². The zero-order valence-corrected chi connectivity index (χ0v) is 17.8. The van der Waals surface area contributed by atoms with Crippen LogP contribution in [-0.4, -0.2) is 31.9 Å². The van der Waals surface area contributed by atoms with Crippen LogP contribution in [0.5, 0.6) is 0 Å². The Labute approximate surface area is 169 Å². The molecule has 144 valence electrons. The number of thiazole rings is 1. The fraction of sp³-hybridized carbons (Fsp3) is 0.450. The molecule has 7 heteroatoms. The number of nitrogens with zero attached hydrogens (tertiary/aromatic N) is 4. The van der Waals surface area contributed by atoms with Gasteiger partial charge in [0.25, 0.3) is 5.91 Å². The van der Waals surface area contributed by atoms with Crippen molar-refractivity contribution in [3.63, 3.8) is 0 Å². The number of halogens is 1. The lowest BCUT2D eigenvalue weighted by atomic mass is 10.2. The monoisotopic (exact) mass is 404 g/mol. The highest BCUT2D eigenvalue weighted by molar-refractivity contribution is 7.09. The molecular formula is C20H25ClN4OS. The summed E-state index contributed by atoms with van der Waals surface area (Å²) in [5.74, 6) is 1.20. The number of rotatable bonds is 7. The Morgan fingerprint density at radius 1 is 1.33 bits per heavy atom. The van der Waals surface area contributed by atoms with Gasteiger partial charge in [-0.3, -0.25) is 4.79 Å². The van der Waals surface area contributed by atoms with Crippen LogP contribution in [0.3, 0.4) is 0 Å². The molecule has 3 aromatic rings. The Kier molecular flexibility index (Phi) is 6.17. The summed E-state index contributed by atoms with van der Waals surface area (Å²) in [4.78, 5) is 24.1. The van der Waals surface area contributed by atoms with Crippen molar-refractivity contribution in [1.82, 2.24) is 19.4 Å². The largest absolute Gasteiger partial charge is 0.330 e. The van der Waals surface area contributed by atoms with Crippen molar-refractivity contribution in [2.75, 3.05) is 6.54 Å². The van der Waals surface area contributed by atoms with E-state index in [-0.39, 0.29) is 5.91 Å². The Morgan fingerprint density at radius 3 is 2.74 bits per heavy atom. The average molecular weight is 405 g/mol. The molecule has 0 bridgehead atoms. The number of benzene rings is 1. The molecule has 0 spiro atoms. The van der Waals surface area contributed by atoms with E-state index in [4.69, 9.17) is 16.6 Å². The van der Waals surface area contributed by atoms with Gasteiger partial charge < -0.3 is 9.47 Å². The summed E-state index contributed by atoms with van der Waals surface area (Å²) in [5, 5.41) is 3.43. The lowest BCUT2D eigenvalue weighted by molar-refractivity contribution is 0.0711. The van der Waals surface area contributed by atoms with Crippen molar-refractivity contribution in [2.24, 2.45) is 5.92 Å². The van der Waals surface area contributed by atoms with E-state index >= 15 is 0 Å². The smallest absolute Gasteiger partial charge is 0.273 e. The molecule has 1 aromatic carbocycles. The fourth-order valence-electron chi connectivity index (χ4n) is 3.19. The third-order valence-corrected chi connectivity index (χ3v) is 5.29. The molecule has 0 N–H and O–H groups in total. The number of carbonyl (C=O) groups is 1. The number of fused-ring (bicyclic) bond motifs is 1. The lowest BCUT2D eigenvalue weighted by Crippen LogP contribution is -2.35. The van der Waals surface area contributed by atoms with Gasteiger partial charge in [0.15, 0.2) is 0 Å². The molecule has 0 saturated carbocycles. The van der Waals surface area contributed by atoms with Crippen molar-refractivity contribution in [1.29, 1.82) is 0 Å². The molecule has 0 unspecified atom stereocenters. The Morgan fingerprint density at radius 2 is 2.11 bits per heavy atom. The maximum Gasteiger partial charge on any atom is 0.273 e. The second-order valence-electron chi connectivity index (χ2n) is 7.14. The van der Waals surface area contributed by atoms with E-state index in [2.05, 4.69) is 30.3 Å². The minimum Gasteiger partial charge on any atom is -0.330 e. The summed E-state index contributed by atoms with van der Waals surface area (Å²) in [6.07, 6.45) is 0.981. The van der Waals surface area contributed by atoms with Gasteiger partial charge in [-0.05, 0) is 37.5 Å². The van der Waals surface area contributed by atoms with Crippen molar-refractivity contribution >= 4 is 39.9 Å². The first kappa shape index (κ1) is 19.8. The van der Waals surface area contributed by atoms with E-state index in [1.54, 1.807) is 0 Å². The van der Waals surface area contributed by atoms with Crippen LogP contribution in [0.4, 0.5) is 0 Å². The van der Waals surface area contributed by atoms with Gasteiger partial charge >= 0.3 is 0 Å². The van der Waals surface area contributed by atoms with Crippen molar-refractivity contribution in [3.05, 3.63) is 45.1 Å². The number of imidazole rings is 1. The van der Waals surface area contributed by atoms with Crippen LogP contribution >= 0.6 is 22.9 Å². The summed E-state index contributed by atoms with van der Waals surface area (Å²) in [5.41, 5.74) is 2.43. The molecule has 0 atom stereocenters. The van der Waals surface area contributed by atoms with Crippen LogP contribution in [0.2, 0.25) is 5.02 Å². The zero-order valence-electron chi connectivity index (χ0n) is 16.2. The zero-order chi connectivity index (χ0) is 19.6. The molecule has 0 fully saturated rings. The fourth-order valence-corrected chi connectivity index (χ4v) is 3.95. The number of aromatic nitrogens is 3. The Bertz CT molecular complexity index is 947. The standard InChI is InChI=1S/C20H25ClN4OS/c1-5-8-25-18-9-15(21)6-7-16(18)23-19(25)11-24(10-13(2)3)20(26)17-12-27-14(4)22-17/h6-7,9,12-13H,5,8,10-11H2,1-4H3. The average Bonchev–Trinajstić information content (AvgIpc) is 3.18. The van der Waals surface area contributed by atoms with Gasteiger partial charge in [0.1, 0.15) is 11.5 Å². The summed E-state index contributed by atoms with van der Waals surface area (Å²) in [6, 6.07) is 5.74. The van der Waals surface area contributed by atoms with Crippen LogP contribution < -0.4 is 0 Å². The number of amides is 1. The predicted octanol–water partition coefficient (Wildman–Crippen LogP) is 5.16. The number of aryl methyl sites for hydroxylation is 2. The first-order valence-corrected chi connectivity index (χ1v) is 10.5. The van der Waals surface area contributed by atoms with Crippen LogP contribution in [-0.2, 0) is 13.1 Å². The predicted molar refractivity (Wildman–Crippen MR) is 111 cm³/mol. The summed E-state index contributed by atoms with van der Waals surface area (Å²) >= 11 is 7.69. The summed E-state index contributed by atoms with van der Waals surface area (Å²) in [6.45, 7) is 10.2. The molecule has 27 heavy (non-hydrogen) atoms. The normalized spacial score (nSPS) is 11.5. The van der Waals surface area contributed by atoms with E-state index < -0.39 is 0 Å². The van der Waals surface area contributed by atoms with E-state index in [0.717, 1.165) is 34.8 Å². The van der Waals surface area contributed by atoms with Crippen LogP contribution in [0.15, 0.2) is 23.6 Å². The van der Waals surface area contributed by atoms with Crippen LogP contribution in [0.25, 0.3) is 11.0 Å². The molecular weight excluding hydrogens is 380 g/mol. The van der Waals surface area contributed by atoms with Gasteiger partial charge in [0.2, 0.25) is 0 Å². The number of hydrogen-bond donors (Lipinski definition) is 0. The minimum absolute atomic E-state index is 0.0406. The molecule has 0 aliphatic rings. The maximum absolute atomic E-state index is 13.0. The lowest BCUT2D eigenvalue weighted by Gasteiger charge is -2.24. The molecule has 0 aliphatic carbocycles. The van der Waals surface area contributed by atoms with E-state index in [1.165, 1.54) is 11.3 Å². The van der Waals surface area contributed by atoms with E-state index in [9.17, 15) is 4.79 Å². The molecule has 0 radical (unpaired) electrons. The molecule has 5 nitrogen and oxygen atoms in total. The SMILES string of the molecule is CCCn1c(CN(CC(C)C)C(=O)c2csc(C)n2)nc2ccc(Cl)cc21. The third-order valence-electron chi connectivity index (χ3n) is 4.28. The summed E-state index contributed by atoms with van der Waals surface area (Å²) < 4.78 is 2.17. The van der Waals surface area contributed by atoms with Crippen LogP contribution in [0.1, 0.15) is 48.5 Å². The highest BCUT2D eigenvalue weighted by atomic mass is 35.5. The van der Waals surface area contributed by atoms with Gasteiger partial charge in [-0.25, -0.2) is 9.97 Å². The minimum atomic E-state index is -0.0406. The van der Waals surface area contributed by atoms with Gasteiger partial charge in [0, 0.05) is 23.5 Å². The Balaban J connectivity index is 1.97. The number of hydrogen-bond acceptors (Lipinski definition) is 4. The first-order chi connectivity index (χ1) is 12.9. The molecule has 0 saturated heterocycles. The van der Waals surface area contributed by atoms with Crippen molar-refractivity contribution < 1.29 is 4.79 Å². The molecule has 1 amide bonds. The maximum atomic E-state index is 13.0. The van der Waals surface area contributed by atoms with Gasteiger partial charge in [0.05, 0.1) is 22.6 Å². The van der Waals surface area contributed by atoms with Crippen molar-refractivity contribution in [3.8, 4) is 0 Å². The van der Waals surface area contributed by atoms with Crippen LogP contribution in [0, 0.1) is 12.8 Å². The molecule has 2 heterocycles. The quantitative estimate of drug-likeness (QED) is 0.546. The Hall–Kier alpha value is -1.92. The van der Waals surface area contributed by atoms with Gasteiger partial charge in [-0.1, -0.05) is 32.4 Å². The van der Waals surface area contributed by atoms with Gasteiger partial charge in [-0.2, -0.15) is 0 Å². The second-order valence-corrected chi connectivity index (χ2v) is 8.64. The molecule has 2 aromatic heterocycles. The third kappa shape index (κ3) is 4.50. The number of carbonyl (C=O) groups excluding carboxylic acids is 1. The van der Waals surface area contributed by atoms with Crippen molar-refractivity contribution in [2.45, 2.75) is 47.2 Å². The second kappa shape index (κ2) is 8.40. The highest BCUT2D eigenvalue weighted by Crippen LogP contribution is 2.23. The van der Waals surface area contributed by atoms with Gasteiger partial charge in [-0.15, -0.1) is 11.3 Å². The highest BCUT2D eigenvalue weighted by Gasteiger charge is 2.22. The topological polar surface area (TPSA) is 51.0 Å². The molecule has 0 aliphatic heterocycles. The summed E-state index contributed by atoms with van der Waals surface area (Å²) in [7, 11) is 0. The molecule has 3 rings (SSSR count).